The summed E-state index contributed by atoms with van der Waals surface area (Å²) in [6, 6.07) is 0. The van der Waals surface area contributed by atoms with Crippen LogP contribution in [0.4, 0.5) is 0 Å². The summed E-state index contributed by atoms with van der Waals surface area (Å²) in [4.78, 5) is 0. The molecule has 0 spiro atoms. The Morgan fingerprint density at radius 2 is 2.05 bits per heavy atom. The summed E-state index contributed by atoms with van der Waals surface area (Å²) in [6.07, 6.45) is 6.75. The summed E-state index contributed by atoms with van der Waals surface area (Å²) in [5, 5.41) is 28.3. The minimum atomic E-state index is -1.01. The third-order valence-electron chi connectivity index (χ3n) is 3.43. The molecule has 118 valence electrons. The zero-order valence-corrected chi connectivity index (χ0v) is 12.3. The van der Waals surface area contributed by atoms with E-state index in [1.54, 1.807) is 0 Å². The first-order valence-corrected chi connectivity index (χ1v) is 7.55. The molecular formula is C15H28O5. The van der Waals surface area contributed by atoms with Crippen LogP contribution in [0.5, 0.6) is 0 Å². The van der Waals surface area contributed by atoms with Crippen LogP contribution in [0.1, 0.15) is 39.0 Å². The van der Waals surface area contributed by atoms with E-state index in [1.807, 2.05) is 0 Å². The summed E-state index contributed by atoms with van der Waals surface area (Å²) in [6.45, 7) is 2.44. The fourth-order valence-corrected chi connectivity index (χ4v) is 2.24. The predicted molar refractivity (Wildman–Crippen MR) is 76.5 cm³/mol. The summed E-state index contributed by atoms with van der Waals surface area (Å²) >= 11 is 0. The zero-order valence-electron chi connectivity index (χ0n) is 12.3. The van der Waals surface area contributed by atoms with Crippen LogP contribution in [-0.2, 0) is 9.47 Å². The fraction of sp³-hybridized carbons (Fsp3) is 0.867. The number of ether oxygens (including phenoxy) is 2. The standard InChI is InChI=1S/C15H28O5/c1-2-3-4-5-6-7-8-9-19-15-13(18)11-20-14(15)12(17)10-16/h4-5,12-18H,2-3,6-11H2,1H3/b5-4+/t12-,13+,14-,15-/m0/s1. The van der Waals surface area contributed by atoms with Crippen molar-refractivity contribution in [2.75, 3.05) is 19.8 Å². The van der Waals surface area contributed by atoms with Gasteiger partial charge in [0.05, 0.1) is 13.2 Å². The number of unbranched alkanes of at least 4 members (excludes halogenated alkanes) is 3. The Labute approximate surface area is 121 Å². The number of hydrogen-bond acceptors (Lipinski definition) is 5. The van der Waals surface area contributed by atoms with Gasteiger partial charge in [-0.25, -0.2) is 0 Å². The molecule has 0 amide bonds. The highest BCUT2D eigenvalue weighted by atomic mass is 16.6. The van der Waals surface area contributed by atoms with E-state index in [0.717, 1.165) is 25.7 Å². The third-order valence-corrected chi connectivity index (χ3v) is 3.43. The molecule has 1 aliphatic rings. The van der Waals surface area contributed by atoms with Gasteiger partial charge in [-0.3, -0.25) is 0 Å². The highest BCUT2D eigenvalue weighted by molar-refractivity contribution is 4.89. The largest absolute Gasteiger partial charge is 0.394 e. The first kappa shape index (κ1) is 17.6. The van der Waals surface area contributed by atoms with Crippen molar-refractivity contribution in [3.05, 3.63) is 12.2 Å². The lowest BCUT2D eigenvalue weighted by molar-refractivity contribution is -0.0937. The second kappa shape index (κ2) is 10.3. The van der Waals surface area contributed by atoms with Gasteiger partial charge in [-0.15, -0.1) is 0 Å². The van der Waals surface area contributed by atoms with Gasteiger partial charge in [-0.05, 0) is 25.7 Å². The number of hydrogen-bond donors (Lipinski definition) is 3. The Morgan fingerprint density at radius 3 is 2.75 bits per heavy atom. The van der Waals surface area contributed by atoms with Crippen molar-refractivity contribution < 1.29 is 24.8 Å². The van der Waals surface area contributed by atoms with Gasteiger partial charge in [0.1, 0.15) is 24.4 Å². The molecule has 0 aromatic carbocycles. The van der Waals surface area contributed by atoms with Gasteiger partial charge in [-0.1, -0.05) is 25.5 Å². The molecule has 0 aromatic rings. The molecule has 0 aromatic heterocycles. The van der Waals surface area contributed by atoms with Crippen LogP contribution in [0.25, 0.3) is 0 Å². The second-order valence-electron chi connectivity index (χ2n) is 5.21. The quantitative estimate of drug-likeness (QED) is 0.413. The van der Waals surface area contributed by atoms with Crippen molar-refractivity contribution in [3.8, 4) is 0 Å². The Morgan fingerprint density at radius 1 is 1.30 bits per heavy atom. The van der Waals surface area contributed by atoms with E-state index in [2.05, 4.69) is 19.1 Å². The van der Waals surface area contributed by atoms with E-state index in [4.69, 9.17) is 14.6 Å². The lowest BCUT2D eigenvalue weighted by Crippen LogP contribution is -2.42. The molecule has 0 saturated carbocycles. The Kier molecular flexibility index (Phi) is 9.05. The van der Waals surface area contributed by atoms with Crippen LogP contribution < -0.4 is 0 Å². The van der Waals surface area contributed by atoms with Gasteiger partial charge >= 0.3 is 0 Å². The van der Waals surface area contributed by atoms with E-state index in [0.29, 0.717) is 6.61 Å². The molecule has 5 nitrogen and oxygen atoms in total. The summed E-state index contributed by atoms with van der Waals surface area (Å²) in [5.74, 6) is 0. The van der Waals surface area contributed by atoms with Gasteiger partial charge in [-0.2, -0.15) is 0 Å². The normalized spacial score (nSPS) is 28.3. The second-order valence-corrected chi connectivity index (χ2v) is 5.21. The average Bonchev–Trinajstić information content (AvgIpc) is 2.82. The lowest BCUT2D eigenvalue weighted by atomic mass is 10.1. The molecular weight excluding hydrogens is 260 g/mol. The molecule has 5 heteroatoms. The van der Waals surface area contributed by atoms with Crippen molar-refractivity contribution in [1.82, 2.24) is 0 Å². The maximum absolute atomic E-state index is 9.75. The predicted octanol–water partition coefficient (Wildman–Crippen LogP) is 1.01. The van der Waals surface area contributed by atoms with E-state index in [1.165, 1.54) is 6.42 Å². The fourth-order valence-electron chi connectivity index (χ4n) is 2.24. The third kappa shape index (κ3) is 5.89. The summed E-state index contributed by atoms with van der Waals surface area (Å²) in [7, 11) is 0. The molecule has 3 N–H and O–H groups in total. The topological polar surface area (TPSA) is 79.2 Å². The van der Waals surface area contributed by atoms with E-state index in [9.17, 15) is 10.2 Å². The van der Waals surface area contributed by atoms with Crippen molar-refractivity contribution in [2.45, 2.75) is 63.4 Å². The van der Waals surface area contributed by atoms with Crippen LogP contribution in [0.2, 0.25) is 0 Å². The van der Waals surface area contributed by atoms with Crippen molar-refractivity contribution in [1.29, 1.82) is 0 Å². The van der Waals surface area contributed by atoms with Gasteiger partial charge < -0.3 is 24.8 Å². The average molecular weight is 288 g/mol. The molecule has 4 atom stereocenters. The minimum Gasteiger partial charge on any atom is -0.394 e. The van der Waals surface area contributed by atoms with E-state index in [-0.39, 0.29) is 13.2 Å². The minimum absolute atomic E-state index is 0.145. The van der Waals surface area contributed by atoms with Crippen LogP contribution in [-0.4, -0.2) is 59.6 Å². The molecule has 1 fully saturated rings. The van der Waals surface area contributed by atoms with Gasteiger partial charge in [0.25, 0.3) is 0 Å². The molecule has 0 unspecified atom stereocenters. The Balaban J connectivity index is 2.16. The summed E-state index contributed by atoms with van der Waals surface area (Å²) < 4.78 is 10.9. The van der Waals surface area contributed by atoms with Gasteiger partial charge in [0, 0.05) is 6.61 Å². The molecule has 0 radical (unpaired) electrons. The maximum atomic E-state index is 9.75. The number of aliphatic hydroxyl groups is 3. The smallest absolute Gasteiger partial charge is 0.114 e. The van der Waals surface area contributed by atoms with Crippen LogP contribution in [0.15, 0.2) is 12.2 Å². The number of aliphatic hydroxyl groups excluding tert-OH is 3. The van der Waals surface area contributed by atoms with E-state index < -0.39 is 24.4 Å². The summed E-state index contributed by atoms with van der Waals surface area (Å²) in [5.41, 5.74) is 0. The van der Waals surface area contributed by atoms with Crippen molar-refractivity contribution >= 4 is 0 Å². The number of rotatable bonds is 10. The van der Waals surface area contributed by atoms with Crippen LogP contribution in [0.3, 0.4) is 0 Å². The molecule has 1 aliphatic heterocycles. The first-order valence-electron chi connectivity index (χ1n) is 7.55. The van der Waals surface area contributed by atoms with Crippen molar-refractivity contribution in [2.24, 2.45) is 0 Å². The maximum Gasteiger partial charge on any atom is 0.114 e. The molecule has 1 rings (SSSR count). The lowest BCUT2D eigenvalue weighted by Gasteiger charge is -2.23. The van der Waals surface area contributed by atoms with Crippen LogP contribution >= 0.6 is 0 Å². The molecule has 1 heterocycles. The van der Waals surface area contributed by atoms with Gasteiger partial charge in [0.2, 0.25) is 0 Å². The Bertz CT molecular complexity index is 269. The number of allylic oxidation sites excluding steroid dienone is 2. The zero-order chi connectivity index (χ0) is 14.8. The highest BCUT2D eigenvalue weighted by Gasteiger charge is 2.40. The Hall–Kier alpha value is -0.460. The van der Waals surface area contributed by atoms with Gasteiger partial charge in [0.15, 0.2) is 0 Å². The molecule has 0 bridgehead atoms. The molecule has 20 heavy (non-hydrogen) atoms. The SMILES string of the molecule is CCC/C=C/CCCCO[C@@H]1[C@H]([C@@H](O)CO)OC[C@H]1O. The van der Waals surface area contributed by atoms with Crippen LogP contribution in [0, 0.1) is 0 Å². The first-order chi connectivity index (χ1) is 9.70. The highest BCUT2D eigenvalue weighted by Crippen LogP contribution is 2.21. The monoisotopic (exact) mass is 288 g/mol. The molecule has 1 saturated heterocycles. The molecule has 0 aliphatic carbocycles. The van der Waals surface area contributed by atoms with E-state index >= 15 is 0 Å². The van der Waals surface area contributed by atoms with Crippen molar-refractivity contribution in [3.63, 3.8) is 0 Å².